The molecule has 5 heteroatoms. The van der Waals surface area contributed by atoms with Crippen LogP contribution in [0.4, 0.5) is 10.1 Å². The van der Waals surface area contributed by atoms with Crippen molar-refractivity contribution >= 4 is 11.7 Å². The quantitative estimate of drug-likeness (QED) is 0.832. The highest BCUT2D eigenvalue weighted by atomic mass is 19.1. The van der Waals surface area contributed by atoms with E-state index >= 15 is 0 Å². The lowest BCUT2D eigenvalue weighted by Crippen LogP contribution is -2.40. The summed E-state index contributed by atoms with van der Waals surface area (Å²) in [5.74, 6) is -0.766. The lowest BCUT2D eigenvalue weighted by atomic mass is 9.80. The Labute approximate surface area is 104 Å². The van der Waals surface area contributed by atoms with Crippen molar-refractivity contribution in [2.24, 2.45) is 5.92 Å². The predicted molar refractivity (Wildman–Crippen MR) is 63.3 cm³/mol. The van der Waals surface area contributed by atoms with Crippen LogP contribution in [-0.4, -0.2) is 19.1 Å². The fourth-order valence-electron chi connectivity index (χ4n) is 2.03. The van der Waals surface area contributed by atoms with E-state index in [-0.39, 0.29) is 23.5 Å². The van der Waals surface area contributed by atoms with E-state index in [4.69, 9.17) is 5.26 Å². The molecule has 0 amide bonds. The molecule has 1 fully saturated rings. The molecule has 0 saturated heterocycles. The maximum atomic E-state index is 13.1. The molecular formula is C13H13FN2O2. The summed E-state index contributed by atoms with van der Waals surface area (Å²) in [4.78, 5) is 11.2. The molecule has 1 aliphatic carbocycles. The Hall–Kier alpha value is -2.09. The molecule has 0 heterocycles. The van der Waals surface area contributed by atoms with Gasteiger partial charge in [-0.3, -0.25) is 4.79 Å². The average Bonchev–Trinajstić information content (AvgIpc) is 2.34. The van der Waals surface area contributed by atoms with Crippen molar-refractivity contribution in [3.63, 3.8) is 0 Å². The van der Waals surface area contributed by atoms with Crippen molar-refractivity contribution in [2.75, 3.05) is 12.4 Å². The highest BCUT2D eigenvalue weighted by molar-refractivity contribution is 5.73. The summed E-state index contributed by atoms with van der Waals surface area (Å²) in [6.07, 6.45) is 1.40. The zero-order chi connectivity index (χ0) is 13.1. The largest absolute Gasteiger partial charge is 0.469 e. The number of anilines is 1. The summed E-state index contributed by atoms with van der Waals surface area (Å²) in [7, 11) is 1.38. The molecule has 1 N–H and O–H groups in total. The molecule has 0 radical (unpaired) electrons. The number of nitrogens with one attached hydrogen (secondary N) is 1. The van der Waals surface area contributed by atoms with E-state index < -0.39 is 5.82 Å². The zero-order valence-electron chi connectivity index (χ0n) is 9.94. The molecular weight excluding hydrogens is 235 g/mol. The Kier molecular flexibility index (Phi) is 3.47. The summed E-state index contributed by atoms with van der Waals surface area (Å²) in [6.45, 7) is 0. The van der Waals surface area contributed by atoms with Crippen LogP contribution in [0, 0.1) is 23.1 Å². The molecule has 0 bridgehead atoms. The van der Waals surface area contributed by atoms with Gasteiger partial charge in [-0.15, -0.1) is 0 Å². The lowest BCUT2D eigenvalue weighted by molar-refractivity contribution is -0.148. The molecule has 94 valence electrons. The van der Waals surface area contributed by atoms with Gasteiger partial charge in [-0.2, -0.15) is 5.26 Å². The lowest BCUT2D eigenvalue weighted by Gasteiger charge is -2.34. The van der Waals surface area contributed by atoms with Gasteiger partial charge >= 0.3 is 5.97 Å². The van der Waals surface area contributed by atoms with Crippen LogP contribution >= 0.6 is 0 Å². The first-order chi connectivity index (χ1) is 8.63. The summed E-state index contributed by atoms with van der Waals surface area (Å²) < 4.78 is 17.8. The second-order valence-electron chi connectivity index (χ2n) is 4.34. The van der Waals surface area contributed by atoms with Gasteiger partial charge in [0.25, 0.3) is 0 Å². The minimum atomic E-state index is -0.524. The standard InChI is InChI=1S/C13H13FN2O2/c1-18-13(17)8-4-11(5-8)16-10-2-3-12(14)9(6-10)7-15/h2-3,6,8,11,16H,4-5H2,1H3/t8-,11+. The van der Waals surface area contributed by atoms with Crippen LogP contribution in [0.5, 0.6) is 0 Å². The van der Waals surface area contributed by atoms with Gasteiger partial charge in [-0.1, -0.05) is 0 Å². The van der Waals surface area contributed by atoms with Crippen molar-refractivity contribution in [3.8, 4) is 6.07 Å². The third kappa shape index (κ3) is 2.43. The normalized spacial score (nSPS) is 21.6. The summed E-state index contributed by atoms with van der Waals surface area (Å²) in [5.41, 5.74) is 0.713. The van der Waals surface area contributed by atoms with E-state index in [0.29, 0.717) is 18.5 Å². The highest BCUT2D eigenvalue weighted by Gasteiger charge is 2.35. The summed E-state index contributed by atoms with van der Waals surface area (Å²) in [6, 6.07) is 6.28. The van der Waals surface area contributed by atoms with Gasteiger partial charge in [0.15, 0.2) is 0 Å². The number of ether oxygens (including phenoxy) is 1. The molecule has 0 aromatic heterocycles. The van der Waals surface area contributed by atoms with Crippen LogP contribution < -0.4 is 5.32 Å². The SMILES string of the molecule is COC(=O)[C@H]1C[C@@H](Nc2ccc(F)c(C#N)c2)C1. The highest BCUT2D eigenvalue weighted by Crippen LogP contribution is 2.31. The van der Waals surface area contributed by atoms with Crippen molar-refractivity contribution in [1.82, 2.24) is 0 Å². The third-order valence-electron chi connectivity index (χ3n) is 3.13. The third-order valence-corrected chi connectivity index (χ3v) is 3.13. The minimum Gasteiger partial charge on any atom is -0.469 e. The fourth-order valence-corrected chi connectivity index (χ4v) is 2.03. The number of hydrogen-bond acceptors (Lipinski definition) is 4. The molecule has 1 aromatic carbocycles. The molecule has 0 aliphatic heterocycles. The first-order valence-corrected chi connectivity index (χ1v) is 5.68. The second-order valence-corrected chi connectivity index (χ2v) is 4.34. The van der Waals surface area contributed by atoms with E-state index in [1.807, 2.05) is 0 Å². The van der Waals surface area contributed by atoms with Gasteiger partial charge in [0.05, 0.1) is 18.6 Å². The average molecular weight is 248 g/mol. The van der Waals surface area contributed by atoms with E-state index in [0.717, 1.165) is 0 Å². The maximum Gasteiger partial charge on any atom is 0.308 e. The van der Waals surface area contributed by atoms with Crippen molar-refractivity contribution in [1.29, 1.82) is 5.26 Å². The van der Waals surface area contributed by atoms with Crippen LogP contribution in [0.15, 0.2) is 18.2 Å². The van der Waals surface area contributed by atoms with Gasteiger partial charge < -0.3 is 10.1 Å². The van der Waals surface area contributed by atoms with E-state index in [2.05, 4.69) is 10.1 Å². The Bertz CT molecular complexity index is 504. The Balaban J connectivity index is 1.93. The number of nitriles is 1. The van der Waals surface area contributed by atoms with Gasteiger partial charge in [-0.25, -0.2) is 4.39 Å². The number of hydrogen-bond donors (Lipinski definition) is 1. The number of methoxy groups -OCH3 is 1. The number of benzene rings is 1. The van der Waals surface area contributed by atoms with Crippen molar-refractivity contribution < 1.29 is 13.9 Å². The molecule has 0 unspecified atom stereocenters. The first kappa shape index (κ1) is 12.4. The van der Waals surface area contributed by atoms with Gasteiger partial charge in [0.2, 0.25) is 0 Å². The topological polar surface area (TPSA) is 62.1 Å². The van der Waals surface area contributed by atoms with Gasteiger partial charge in [0, 0.05) is 11.7 Å². The van der Waals surface area contributed by atoms with E-state index in [1.165, 1.54) is 19.2 Å². The zero-order valence-corrected chi connectivity index (χ0v) is 9.94. The molecule has 18 heavy (non-hydrogen) atoms. The number of carbonyl (C=O) groups is 1. The number of rotatable bonds is 3. The number of esters is 1. The van der Waals surface area contributed by atoms with Crippen LogP contribution in [0.2, 0.25) is 0 Å². The van der Waals surface area contributed by atoms with Crippen LogP contribution in [0.25, 0.3) is 0 Å². The van der Waals surface area contributed by atoms with E-state index in [1.54, 1.807) is 12.1 Å². The van der Waals surface area contributed by atoms with Crippen molar-refractivity contribution in [2.45, 2.75) is 18.9 Å². The molecule has 1 saturated carbocycles. The Morgan fingerprint density at radius 1 is 1.56 bits per heavy atom. The second kappa shape index (κ2) is 5.05. The van der Waals surface area contributed by atoms with Crippen LogP contribution in [-0.2, 0) is 9.53 Å². The van der Waals surface area contributed by atoms with E-state index in [9.17, 15) is 9.18 Å². The summed E-state index contributed by atoms with van der Waals surface area (Å²) >= 11 is 0. The van der Waals surface area contributed by atoms with Crippen LogP contribution in [0.3, 0.4) is 0 Å². The molecule has 1 aromatic rings. The monoisotopic (exact) mass is 248 g/mol. The molecule has 0 spiro atoms. The number of carbonyl (C=O) groups excluding carboxylic acids is 1. The molecule has 2 rings (SSSR count). The smallest absolute Gasteiger partial charge is 0.308 e. The number of halogens is 1. The van der Waals surface area contributed by atoms with Crippen molar-refractivity contribution in [3.05, 3.63) is 29.6 Å². The Morgan fingerprint density at radius 2 is 2.28 bits per heavy atom. The molecule has 1 aliphatic rings. The first-order valence-electron chi connectivity index (χ1n) is 5.68. The number of nitrogens with zero attached hydrogens (tertiary/aromatic N) is 1. The summed E-state index contributed by atoms with van der Waals surface area (Å²) in [5, 5.41) is 11.9. The van der Waals surface area contributed by atoms with Gasteiger partial charge in [0.1, 0.15) is 11.9 Å². The maximum absolute atomic E-state index is 13.1. The van der Waals surface area contributed by atoms with Gasteiger partial charge in [-0.05, 0) is 31.0 Å². The van der Waals surface area contributed by atoms with Crippen LogP contribution in [0.1, 0.15) is 18.4 Å². The minimum absolute atomic E-state index is 0.0174. The fraction of sp³-hybridized carbons (Fsp3) is 0.385. The Morgan fingerprint density at radius 3 is 2.89 bits per heavy atom. The predicted octanol–water partition coefficient (Wildman–Crippen LogP) is 2.06. The molecule has 4 nitrogen and oxygen atoms in total. The molecule has 0 atom stereocenters.